The summed E-state index contributed by atoms with van der Waals surface area (Å²) in [6, 6.07) is 48.1. The first-order chi connectivity index (χ1) is 25.0. The summed E-state index contributed by atoms with van der Waals surface area (Å²) < 4.78 is 31.1. The van der Waals surface area contributed by atoms with Crippen molar-refractivity contribution >= 4 is 5.78 Å². The van der Waals surface area contributed by atoms with Gasteiger partial charge in [-0.3, -0.25) is 4.79 Å². The number of carbonyl (C=O) groups excluding carboxylic acids is 1. The van der Waals surface area contributed by atoms with Crippen LogP contribution < -0.4 is 23.7 Å². The van der Waals surface area contributed by atoms with E-state index in [1.165, 1.54) is 0 Å². The monoisotopic (exact) mass is 678 g/mol. The molecule has 0 fully saturated rings. The van der Waals surface area contributed by atoms with E-state index < -0.39 is 11.4 Å². The van der Waals surface area contributed by atoms with Crippen molar-refractivity contribution in [2.24, 2.45) is 0 Å². The molecule has 6 aromatic rings. The Balaban J connectivity index is 1.13. The number of rotatable bonds is 14. The molecule has 0 bridgehead atoms. The highest BCUT2D eigenvalue weighted by atomic mass is 16.5. The molecule has 0 unspecified atom stereocenters. The molecule has 0 saturated carbocycles. The molecular weight excluding hydrogens is 640 g/mol. The van der Waals surface area contributed by atoms with Crippen LogP contribution in [0.15, 0.2) is 152 Å². The van der Waals surface area contributed by atoms with Crippen LogP contribution >= 0.6 is 0 Å². The van der Waals surface area contributed by atoms with E-state index in [1.807, 2.05) is 140 Å². The van der Waals surface area contributed by atoms with Gasteiger partial charge in [0.2, 0.25) is 11.5 Å². The second-order valence-electron chi connectivity index (χ2n) is 12.5. The Morgan fingerprint density at radius 2 is 0.961 bits per heavy atom. The molecular formula is C44H38O7. The van der Waals surface area contributed by atoms with Crippen LogP contribution in [0.4, 0.5) is 0 Å². The van der Waals surface area contributed by atoms with E-state index in [0.29, 0.717) is 48.4 Å². The molecule has 1 atom stereocenters. The minimum absolute atomic E-state index is 0.00159. The fourth-order valence-corrected chi connectivity index (χ4v) is 5.92. The summed E-state index contributed by atoms with van der Waals surface area (Å²) in [6.45, 7) is 0.964. The number of benzene rings is 6. The van der Waals surface area contributed by atoms with Crippen molar-refractivity contribution in [3.8, 4) is 28.7 Å². The Morgan fingerprint density at radius 3 is 1.49 bits per heavy atom. The summed E-state index contributed by atoms with van der Waals surface area (Å²) in [5.74, 6) is 1.63. The number of ether oxygens (including phenoxy) is 5. The maximum atomic E-state index is 14.1. The van der Waals surface area contributed by atoms with Crippen molar-refractivity contribution < 1.29 is 33.6 Å². The lowest BCUT2D eigenvalue weighted by atomic mass is 9.85. The second kappa shape index (κ2) is 15.7. The molecule has 7 rings (SSSR count). The van der Waals surface area contributed by atoms with Gasteiger partial charge in [0.25, 0.3) is 0 Å². The number of aliphatic hydroxyl groups is 1. The van der Waals surface area contributed by atoms with E-state index in [4.69, 9.17) is 23.7 Å². The van der Waals surface area contributed by atoms with Crippen molar-refractivity contribution in [3.63, 3.8) is 0 Å². The molecule has 0 spiro atoms. The Labute approximate surface area is 297 Å². The fraction of sp³-hybridized carbons (Fsp3) is 0.159. The highest BCUT2D eigenvalue weighted by Gasteiger charge is 2.44. The van der Waals surface area contributed by atoms with E-state index in [9.17, 15) is 9.90 Å². The van der Waals surface area contributed by atoms with Crippen LogP contribution in [0, 0.1) is 0 Å². The molecule has 0 radical (unpaired) electrons. The average molecular weight is 679 g/mol. The molecule has 0 amide bonds. The number of ketones is 1. The largest absolute Gasteiger partial charge is 0.485 e. The summed E-state index contributed by atoms with van der Waals surface area (Å²) in [6.07, 6.45) is -0.00159. The summed E-state index contributed by atoms with van der Waals surface area (Å²) in [4.78, 5) is 14.1. The molecule has 0 aromatic heterocycles. The van der Waals surface area contributed by atoms with Gasteiger partial charge in [0.05, 0.1) is 5.56 Å². The first-order valence-electron chi connectivity index (χ1n) is 16.9. The van der Waals surface area contributed by atoms with Gasteiger partial charge in [-0.1, -0.05) is 127 Å². The lowest BCUT2D eigenvalue weighted by molar-refractivity contribution is -0.00304. The minimum atomic E-state index is -1.83. The number of carbonyl (C=O) groups is 1. The molecule has 7 heteroatoms. The standard InChI is InChI=1S/C44H38O7/c45-43-37-22-24-39(48-28-33-15-7-2-8-16-33)42(50-30-35-19-11-4-12-20-35)41(37)51-31-44(43,46)26-36-21-23-38(47-27-32-13-5-1-6-14-32)40(25-36)49-29-34-17-9-3-10-18-34/h1-25,46H,26-31H2/t44-/m0/s1. The molecule has 1 aliphatic heterocycles. The zero-order valence-electron chi connectivity index (χ0n) is 28.1. The molecule has 6 aromatic carbocycles. The van der Waals surface area contributed by atoms with Gasteiger partial charge in [0, 0.05) is 6.42 Å². The molecule has 1 heterocycles. The molecule has 0 saturated heterocycles. The quantitative estimate of drug-likeness (QED) is 0.124. The van der Waals surface area contributed by atoms with Crippen LogP contribution in [-0.2, 0) is 32.8 Å². The van der Waals surface area contributed by atoms with Crippen LogP contribution in [0.3, 0.4) is 0 Å². The van der Waals surface area contributed by atoms with E-state index in [0.717, 1.165) is 22.3 Å². The molecule has 7 nitrogen and oxygen atoms in total. The zero-order valence-corrected chi connectivity index (χ0v) is 28.1. The van der Waals surface area contributed by atoms with Crippen LogP contribution in [-0.4, -0.2) is 23.1 Å². The molecule has 51 heavy (non-hydrogen) atoms. The maximum absolute atomic E-state index is 14.1. The topological polar surface area (TPSA) is 83.5 Å². The Hall–Kier alpha value is -6.05. The fourth-order valence-electron chi connectivity index (χ4n) is 5.92. The lowest BCUT2D eigenvalue weighted by Crippen LogP contribution is -2.49. The van der Waals surface area contributed by atoms with Crippen molar-refractivity contribution in [2.75, 3.05) is 6.61 Å². The Morgan fingerprint density at radius 1 is 0.510 bits per heavy atom. The summed E-state index contributed by atoms with van der Waals surface area (Å²) in [5, 5.41) is 11.9. The van der Waals surface area contributed by atoms with Crippen LogP contribution in [0.1, 0.15) is 38.2 Å². The maximum Gasteiger partial charge on any atom is 0.204 e. The summed E-state index contributed by atoms with van der Waals surface area (Å²) in [7, 11) is 0. The van der Waals surface area contributed by atoms with E-state index in [1.54, 1.807) is 12.1 Å². The molecule has 256 valence electrons. The van der Waals surface area contributed by atoms with Gasteiger partial charge in [-0.25, -0.2) is 0 Å². The number of Topliss-reactive ketones (excluding diaryl/α,β-unsaturated/α-hetero) is 1. The number of hydrogen-bond donors (Lipinski definition) is 1. The van der Waals surface area contributed by atoms with Crippen LogP contribution in [0.5, 0.6) is 28.7 Å². The average Bonchev–Trinajstić information content (AvgIpc) is 3.18. The minimum Gasteiger partial charge on any atom is -0.485 e. The predicted octanol–water partition coefficient (Wildman–Crippen LogP) is 8.55. The van der Waals surface area contributed by atoms with Crippen molar-refractivity contribution in [3.05, 3.63) is 185 Å². The van der Waals surface area contributed by atoms with Gasteiger partial charge < -0.3 is 28.8 Å². The van der Waals surface area contributed by atoms with E-state index in [2.05, 4.69) is 0 Å². The Bertz CT molecular complexity index is 2050. The third kappa shape index (κ3) is 8.23. The van der Waals surface area contributed by atoms with Crippen molar-refractivity contribution in [1.29, 1.82) is 0 Å². The van der Waals surface area contributed by atoms with Crippen molar-refractivity contribution in [2.45, 2.75) is 38.4 Å². The normalized spacial score (nSPS) is 15.0. The third-order valence-corrected chi connectivity index (χ3v) is 8.64. The van der Waals surface area contributed by atoms with Crippen LogP contribution in [0.25, 0.3) is 0 Å². The SMILES string of the molecule is O=C1c2ccc(OCc3ccccc3)c(OCc3ccccc3)c2OC[C@@]1(O)Cc1ccc(OCc2ccccc2)c(OCc2ccccc2)c1. The van der Waals surface area contributed by atoms with E-state index >= 15 is 0 Å². The highest BCUT2D eigenvalue weighted by Crippen LogP contribution is 2.45. The van der Waals surface area contributed by atoms with Gasteiger partial charge in [-0.05, 0) is 52.1 Å². The molecule has 1 aliphatic rings. The zero-order chi connectivity index (χ0) is 34.9. The van der Waals surface area contributed by atoms with Crippen molar-refractivity contribution in [1.82, 2.24) is 0 Å². The van der Waals surface area contributed by atoms with Gasteiger partial charge in [0.15, 0.2) is 28.6 Å². The van der Waals surface area contributed by atoms with Gasteiger partial charge in [-0.15, -0.1) is 0 Å². The highest BCUT2D eigenvalue weighted by molar-refractivity contribution is 6.06. The number of fused-ring (bicyclic) bond motifs is 1. The first kappa shape index (κ1) is 33.4. The Kier molecular flexibility index (Phi) is 10.3. The van der Waals surface area contributed by atoms with E-state index in [-0.39, 0.29) is 30.9 Å². The van der Waals surface area contributed by atoms with Gasteiger partial charge >= 0.3 is 0 Å². The van der Waals surface area contributed by atoms with Crippen LogP contribution in [0.2, 0.25) is 0 Å². The molecule has 1 N–H and O–H groups in total. The second-order valence-corrected chi connectivity index (χ2v) is 12.5. The number of hydrogen-bond acceptors (Lipinski definition) is 7. The first-order valence-corrected chi connectivity index (χ1v) is 16.9. The summed E-state index contributed by atoms with van der Waals surface area (Å²) in [5.41, 5.74) is 3.04. The van der Waals surface area contributed by atoms with Gasteiger partial charge in [0.1, 0.15) is 33.0 Å². The summed E-state index contributed by atoms with van der Waals surface area (Å²) >= 11 is 0. The lowest BCUT2D eigenvalue weighted by Gasteiger charge is -2.33. The third-order valence-electron chi connectivity index (χ3n) is 8.64. The smallest absolute Gasteiger partial charge is 0.204 e. The predicted molar refractivity (Wildman–Crippen MR) is 194 cm³/mol. The van der Waals surface area contributed by atoms with Gasteiger partial charge in [-0.2, -0.15) is 0 Å². The molecule has 0 aliphatic carbocycles.